The molecule has 3 aromatic rings. The van der Waals surface area contributed by atoms with Crippen LogP contribution >= 0.6 is 22.9 Å². The van der Waals surface area contributed by atoms with Crippen LogP contribution in [-0.4, -0.2) is 53.3 Å². The number of benzene rings is 2. The van der Waals surface area contributed by atoms with Gasteiger partial charge in [0.1, 0.15) is 11.6 Å². The summed E-state index contributed by atoms with van der Waals surface area (Å²) in [6.07, 6.45) is 0. The minimum Gasteiger partial charge on any atom is -0.383 e. The molecular formula is C25H26ClN3O5S. The number of hydrogen-bond donors (Lipinski definition) is 0. The second-order valence-corrected chi connectivity index (χ2v) is 9.31. The van der Waals surface area contributed by atoms with Crippen LogP contribution in [0.1, 0.15) is 26.4 Å². The van der Waals surface area contributed by atoms with E-state index in [4.69, 9.17) is 16.3 Å². The molecule has 1 aromatic heterocycles. The van der Waals surface area contributed by atoms with Crippen molar-refractivity contribution in [2.45, 2.75) is 20.0 Å². The number of thiophene rings is 1. The van der Waals surface area contributed by atoms with Crippen molar-refractivity contribution in [1.82, 2.24) is 9.80 Å². The number of ether oxygens (including phenoxy) is 1. The summed E-state index contributed by atoms with van der Waals surface area (Å²) in [4.78, 5) is 41.5. The standard InChI is InChI=1S/C25H26ClN3O5S/c1-18-10-13-35-23(18)16-28(15-19-6-4-3-5-7-19)24(30)17-27(11-12-34-2)25(31)20-8-9-21(26)22(14-20)29(32)33/h3-10,13-14H,11-12,15-17H2,1-2H3. The lowest BCUT2D eigenvalue weighted by Gasteiger charge is -2.28. The summed E-state index contributed by atoms with van der Waals surface area (Å²) in [6, 6.07) is 15.5. The van der Waals surface area contributed by atoms with Crippen LogP contribution in [0.25, 0.3) is 0 Å². The number of aryl methyl sites for hydroxylation is 1. The van der Waals surface area contributed by atoms with E-state index in [2.05, 4.69) is 0 Å². The molecule has 0 saturated heterocycles. The van der Waals surface area contributed by atoms with Gasteiger partial charge in [0.15, 0.2) is 0 Å². The van der Waals surface area contributed by atoms with Gasteiger partial charge < -0.3 is 14.5 Å². The van der Waals surface area contributed by atoms with E-state index in [1.807, 2.05) is 48.7 Å². The van der Waals surface area contributed by atoms with Crippen LogP contribution in [0.2, 0.25) is 5.02 Å². The molecule has 2 aromatic carbocycles. The second kappa shape index (κ2) is 12.4. The summed E-state index contributed by atoms with van der Waals surface area (Å²) < 4.78 is 5.13. The molecule has 0 aliphatic rings. The van der Waals surface area contributed by atoms with Gasteiger partial charge in [-0.15, -0.1) is 11.3 Å². The van der Waals surface area contributed by atoms with Gasteiger partial charge in [-0.05, 0) is 41.6 Å². The van der Waals surface area contributed by atoms with Gasteiger partial charge in [0, 0.05) is 36.7 Å². The molecule has 184 valence electrons. The Labute approximate surface area is 212 Å². The highest BCUT2D eigenvalue weighted by Gasteiger charge is 2.25. The van der Waals surface area contributed by atoms with E-state index in [9.17, 15) is 19.7 Å². The molecule has 0 bridgehead atoms. The summed E-state index contributed by atoms with van der Waals surface area (Å²) in [5.74, 6) is -0.753. The molecule has 1 heterocycles. The maximum absolute atomic E-state index is 13.5. The van der Waals surface area contributed by atoms with E-state index < -0.39 is 10.8 Å². The molecule has 0 spiro atoms. The van der Waals surface area contributed by atoms with E-state index >= 15 is 0 Å². The number of amides is 2. The van der Waals surface area contributed by atoms with Crippen molar-refractivity contribution >= 4 is 40.4 Å². The predicted octanol–water partition coefficient (Wildman–Crippen LogP) is 4.94. The molecule has 0 aliphatic heterocycles. The van der Waals surface area contributed by atoms with Gasteiger partial charge in [0.2, 0.25) is 5.91 Å². The number of carbonyl (C=O) groups is 2. The number of carbonyl (C=O) groups excluding carboxylic acids is 2. The van der Waals surface area contributed by atoms with Crippen molar-refractivity contribution in [2.75, 3.05) is 26.8 Å². The third-order valence-corrected chi connectivity index (χ3v) is 6.77. The number of nitrogens with zero attached hydrogens (tertiary/aromatic N) is 3. The lowest BCUT2D eigenvalue weighted by molar-refractivity contribution is -0.384. The molecule has 0 N–H and O–H groups in total. The van der Waals surface area contributed by atoms with E-state index in [0.29, 0.717) is 13.1 Å². The van der Waals surface area contributed by atoms with E-state index in [1.165, 1.54) is 24.1 Å². The maximum Gasteiger partial charge on any atom is 0.288 e. The number of methoxy groups -OCH3 is 1. The lowest BCUT2D eigenvalue weighted by Crippen LogP contribution is -2.43. The first-order valence-electron chi connectivity index (χ1n) is 10.9. The van der Waals surface area contributed by atoms with Gasteiger partial charge >= 0.3 is 0 Å². The minimum atomic E-state index is -0.644. The van der Waals surface area contributed by atoms with Crippen molar-refractivity contribution in [1.29, 1.82) is 0 Å². The number of hydrogen-bond acceptors (Lipinski definition) is 6. The van der Waals surface area contributed by atoms with Crippen molar-refractivity contribution in [3.63, 3.8) is 0 Å². The van der Waals surface area contributed by atoms with E-state index in [0.717, 1.165) is 22.1 Å². The normalized spacial score (nSPS) is 10.7. The van der Waals surface area contributed by atoms with Crippen LogP contribution < -0.4 is 0 Å². The van der Waals surface area contributed by atoms with Crippen LogP contribution in [-0.2, 0) is 22.6 Å². The number of nitro benzene ring substituents is 1. The quantitative estimate of drug-likeness (QED) is 0.266. The Morgan fingerprint density at radius 1 is 1.09 bits per heavy atom. The van der Waals surface area contributed by atoms with Crippen molar-refractivity contribution in [2.24, 2.45) is 0 Å². The van der Waals surface area contributed by atoms with Crippen molar-refractivity contribution in [3.05, 3.63) is 96.7 Å². The zero-order valence-corrected chi connectivity index (χ0v) is 21.1. The SMILES string of the molecule is COCCN(CC(=O)N(Cc1ccccc1)Cc1sccc1C)C(=O)c1ccc(Cl)c([N+](=O)[O-])c1. The molecule has 8 nitrogen and oxygen atoms in total. The first kappa shape index (κ1) is 26.3. The fraction of sp³-hybridized carbons (Fsp3) is 0.280. The van der Waals surface area contributed by atoms with Crippen LogP contribution in [0.15, 0.2) is 60.0 Å². The minimum absolute atomic E-state index is 0.0635. The fourth-order valence-electron chi connectivity index (χ4n) is 3.46. The third kappa shape index (κ3) is 7.11. The Morgan fingerprint density at radius 2 is 1.83 bits per heavy atom. The first-order valence-corrected chi connectivity index (χ1v) is 12.1. The molecule has 10 heteroatoms. The summed E-state index contributed by atoms with van der Waals surface area (Å²) in [5, 5.41) is 13.2. The fourth-order valence-corrected chi connectivity index (χ4v) is 4.57. The largest absolute Gasteiger partial charge is 0.383 e. The van der Waals surface area contributed by atoms with Crippen molar-refractivity contribution < 1.29 is 19.2 Å². The Balaban J connectivity index is 1.85. The van der Waals surface area contributed by atoms with Gasteiger partial charge in [-0.3, -0.25) is 19.7 Å². The summed E-state index contributed by atoms with van der Waals surface area (Å²) >= 11 is 7.47. The van der Waals surface area contributed by atoms with E-state index in [1.54, 1.807) is 16.2 Å². The molecule has 0 saturated carbocycles. The Kier molecular flexibility index (Phi) is 9.36. The lowest BCUT2D eigenvalue weighted by atomic mass is 10.1. The van der Waals surface area contributed by atoms with Crippen LogP contribution in [0.3, 0.4) is 0 Å². The van der Waals surface area contributed by atoms with Crippen LogP contribution in [0.4, 0.5) is 5.69 Å². The molecular weight excluding hydrogens is 490 g/mol. The Morgan fingerprint density at radius 3 is 2.46 bits per heavy atom. The highest BCUT2D eigenvalue weighted by molar-refractivity contribution is 7.10. The molecule has 0 fully saturated rings. The van der Waals surface area contributed by atoms with Gasteiger partial charge in [0.25, 0.3) is 11.6 Å². The molecule has 0 unspecified atom stereocenters. The topological polar surface area (TPSA) is 93.0 Å². The summed E-state index contributed by atoms with van der Waals surface area (Å²) in [6.45, 7) is 2.95. The number of halogens is 1. The molecule has 35 heavy (non-hydrogen) atoms. The summed E-state index contributed by atoms with van der Waals surface area (Å²) in [5.41, 5.74) is 1.78. The van der Waals surface area contributed by atoms with Crippen LogP contribution in [0, 0.1) is 17.0 Å². The molecule has 2 amide bonds. The zero-order chi connectivity index (χ0) is 25.4. The van der Waals surface area contributed by atoms with Crippen molar-refractivity contribution in [3.8, 4) is 0 Å². The van der Waals surface area contributed by atoms with Gasteiger partial charge in [-0.1, -0.05) is 41.9 Å². The maximum atomic E-state index is 13.5. The van der Waals surface area contributed by atoms with Gasteiger partial charge in [-0.2, -0.15) is 0 Å². The smallest absolute Gasteiger partial charge is 0.288 e. The average molecular weight is 516 g/mol. The molecule has 3 rings (SSSR count). The monoisotopic (exact) mass is 515 g/mol. The Bertz CT molecular complexity index is 1180. The molecule has 0 aliphatic carbocycles. The first-order chi connectivity index (χ1) is 16.8. The highest BCUT2D eigenvalue weighted by atomic mass is 35.5. The average Bonchev–Trinajstić information content (AvgIpc) is 3.25. The third-order valence-electron chi connectivity index (χ3n) is 5.44. The second-order valence-electron chi connectivity index (χ2n) is 7.90. The number of rotatable bonds is 11. The molecule has 0 atom stereocenters. The van der Waals surface area contributed by atoms with Gasteiger partial charge in [-0.25, -0.2) is 0 Å². The Hall–Kier alpha value is -3.27. The zero-order valence-electron chi connectivity index (χ0n) is 19.5. The molecule has 0 radical (unpaired) electrons. The highest BCUT2D eigenvalue weighted by Crippen LogP contribution is 2.26. The summed E-state index contributed by atoms with van der Waals surface area (Å²) in [7, 11) is 1.50. The predicted molar refractivity (Wildman–Crippen MR) is 136 cm³/mol. The van der Waals surface area contributed by atoms with Gasteiger partial charge in [0.05, 0.1) is 18.1 Å². The number of nitro groups is 1. The van der Waals surface area contributed by atoms with E-state index in [-0.39, 0.29) is 41.9 Å². The van der Waals surface area contributed by atoms with Crippen LogP contribution in [0.5, 0.6) is 0 Å².